The average Bonchev–Trinajstić information content (AvgIpc) is 2.62. The zero-order chi connectivity index (χ0) is 18.2. The van der Waals surface area contributed by atoms with Crippen LogP contribution in [-0.4, -0.2) is 25.0 Å². The molecule has 1 aliphatic carbocycles. The van der Waals surface area contributed by atoms with Gasteiger partial charge in [0.05, 0.1) is 23.4 Å². The monoisotopic (exact) mass is 393 g/mol. The minimum Gasteiger partial charge on any atom is -0.399 e. The molecule has 2 aliphatic rings. The Morgan fingerprint density at radius 3 is 2.52 bits per heavy atom. The molecule has 1 aliphatic heterocycles. The van der Waals surface area contributed by atoms with Crippen molar-refractivity contribution in [3.63, 3.8) is 0 Å². The number of hydrogen-bond acceptors (Lipinski definition) is 5. The van der Waals surface area contributed by atoms with Crippen LogP contribution in [0.25, 0.3) is 0 Å². The van der Waals surface area contributed by atoms with Crippen molar-refractivity contribution < 1.29 is 0 Å². The Bertz CT molecular complexity index is 895. The number of likely N-dealkylation sites (N-methyl/N-ethyl adjacent to an activating group) is 1. The van der Waals surface area contributed by atoms with E-state index in [1.165, 1.54) is 0 Å². The molecule has 0 fully saturated rings. The van der Waals surface area contributed by atoms with Crippen molar-refractivity contribution in [2.24, 2.45) is 17.1 Å². The average molecular weight is 394 g/mol. The van der Waals surface area contributed by atoms with Gasteiger partial charge in [-0.25, -0.2) is 0 Å². The van der Waals surface area contributed by atoms with E-state index >= 15 is 0 Å². The van der Waals surface area contributed by atoms with Crippen molar-refractivity contribution >= 4 is 15.9 Å². The lowest BCUT2D eigenvalue weighted by atomic mass is 9.58. The number of nitrogens with two attached hydrogens (primary N) is 1. The van der Waals surface area contributed by atoms with Crippen molar-refractivity contribution in [3.8, 4) is 18.2 Å². The first-order valence-corrected chi connectivity index (χ1v) is 8.65. The van der Waals surface area contributed by atoms with Crippen molar-refractivity contribution in [1.82, 2.24) is 4.90 Å². The molecule has 6 heteroatoms. The number of nitriles is 3. The Hall–Kier alpha value is -2.59. The lowest BCUT2D eigenvalue weighted by Gasteiger charge is -2.45. The maximum Gasteiger partial charge on any atom is 0.191 e. The van der Waals surface area contributed by atoms with E-state index < -0.39 is 11.3 Å². The van der Waals surface area contributed by atoms with Gasteiger partial charge in [-0.15, -0.1) is 0 Å². The van der Waals surface area contributed by atoms with Crippen LogP contribution < -0.4 is 5.73 Å². The van der Waals surface area contributed by atoms with Gasteiger partial charge < -0.3 is 10.6 Å². The number of rotatable bonds is 1. The van der Waals surface area contributed by atoms with Crippen LogP contribution in [-0.2, 0) is 0 Å². The summed E-state index contributed by atoms with van der Waals surface area (Å²) < 4.78 is 0.829. The molecule has 0 unspecified atom stereocenters. The minimum absolute atomic E-state index is 0.0628. The van der Waals surface area contributed by atoms with E-state index in [9.17, 15) is 15.8 Å². The number of benzene rings is 1. The van der Waals surface area contributed by atoms with Crippen LogP contribution in [0.3, 0.4) is 0 Å². The number of hydrogen-bond donors (Lipinski definition) is 1. The molecule has 0 spiro atoms. The highest BCUT2D eigenvalue weighted by molar-refractivity contribution is 9.10. The fourth-order valence-electron chi connectivity index (χ4n) is 3.90. The summed E-state index contributed by atoms with van der Waals surface area (Å²) in [4.78, 5) is 2.12. The largest absolute Gasteiger partial charge is 0.399 e. The molecule has 0 aromatic heterocycles. The van der Waals surface area contributed by atoms with Gasteiger partial charge >= 0.3 is 0 Å². The van der Waals surface area contributed by atoms with Crippen molar-refractivity contribution in [1.29, 1.82) is 15.8 Å². The zero-order valence-electron chi connectivity index (χ0n) is 13.7. The fourth-order valence-corrected chi connectivity index (χ4v) is 4.43. The number of nitrogens with zero attached hydrogens (tertiary/aromatic N) is 4. The molecule has 0 bridgehead atoms. The molecule has 0 radical (unpaired) electrons. The highest BCUT2D eigenvalue weighted by Gasteiger charge is 2.54. The topological polar surface area (TPSA) is 101 Å². The highest BCUT2D eigenvalue weighted by Crippen LogP contribution is 2.55. The number of allylic oxidation sites excluding steroid dienone is 2. The van der Waals surface area contributed by atoms with Crippen LogP contribution in [0, 0.1) is 45.3 Å². The normalized spacial score (nSPS) is 25.2. The van der Waals surface area contributed by atoms with E-state index in [0.717, 1.165) is 15.6 Å². The highest BCUT2D eigenvalue weighted by atomic mass is 79.9. The standard InChI is InChI=1S/C19H16BrN5/c1-25-7-6-12-14(8-21)18(24)19(10-22,11-23)17(15(12)9-25)13-4-2-3-5-16(13)20/h2-6,15,17H,7,9,24H2,1H3/t15-,17-/m1/s1. The predicted octanol–water partition coefficient (Wildman–Crippen LogP) is 2.80. The molecule has 1 heterocycles. The molecule has 124 valence electrons. The third-order valence-electron chi connectivity index (χ3n) is 5.09. The third kappa shape index (κ3) is 2.45. The first-order valence-electron chi connectivity index (χ1n) is 7.86. The second-order valence-electron chi connectivity index (χ2n) is 6.42. The molecule has 3 rings (SSSR count). The number of fused-ring (bicyclic) bond motifs is 1. The van der Waals surface area contributed by atoms with Crippen LogP contribution in [0.2, 0.25) is 0 Å². The molecule has 25 heavy (non-hydrogen) atoms. The van der Waals surface area contributed by atoms with Crippen LogP contribution in [0.4, 0.5) is 0 Å². The molecule has 1 aromatic rings. The summed E-state index contributed by atoms with van der Waals surface area (Å²) in [7, 11) is 1.98. The van der Waals surface area contributed by atoms with Gasteiger partial charge in [0.2, 0.25) is 0 Å². The van der Waals surface area contributed by atoms with Crippen molar-refractivity contribution in [2.75, 3.05) is 20.1 Å². The van der Waals surface area contributed by atoms with E-state index in [4.69, 9.17) is 5.73 Å². The maximum atomic E-state index is 9.96. The summed E-state index contributed by atoms with van der Waals surface area (Å²) >= 11 is 3.55. The van der Waals surface area contributed by atoms with Gasteiger partial charge in [-0.1, -0.05) is 40.2 Å². The Morgan fingerprint density at radius 1 is 1.24 bits per heavy atom. The lowest BCUT2D eigenvalue weighted by molar-refractivity contribution is 0.237. The molecule has 5 nitrogen and oxygen atoms in total. The van der Waals surface area contributed by atoms with Crippen LogP contribution >= 0.6 is 15.9 Å². The molecule has 0 saturated carbocycles. The molecular formula is C19H16BrN5. The van der Waals surface area contributed by atoms with Gasteiger partial charge in [-0.05, 0) is 24.3 Å². The van der Waals surface area contributed by atoms with Gasteiger partial charge in [0.25, 0.3) is 0 Å². The fraction of sp³-hybridized carbons (Fsp3) is 0.316. The molecule has 0 amide bonds. The second kappa shape index (κ2) is 6.37. The van der Waals surface area contributed by atoms with E-state index in [2.05, 4.69) is 39.0 Å². The molecule has 1 aromatic carbocycles. The summed E-state index contributed by atoms with van der Waals surface area (Å²) in [6, 6.07) is 14.0. The summed E-state index contributed by atoms with van der Waals surface area (Å²) in [5.74, 6) is -0.608. The van der Waals surface area contributed by atoms with Gasteiger partial charge in [0, 0.05) is 29.4 Å². The predicted molar refractivity (Wildman–Crippen MR) is 96.4 cm³/mol. The molecule has 2 N–H and O–H groups in total. The van der Waals surface area contributed by atoms with Gasteiger partial charge in [-0.3, -0.25) is 0 Å². The maximum absolute atomic E-state index is 9.96. The second-order valence-corrected chi connectivity index (χ2v) is 7.27. The molecule has 2 atom stereocenters. The molecule has 0 saturated heterocycles. The number of halogens is 1. The van der Waals surface area contributed by atoms with Gasteiger partial charge in [0.1, 0.15) is 6.07 Å². The Balaban J connectivity index is 2.37. The van der Waals surface area contributed by atoms with E-state index in [1.54, 1.807) is 0 Å². The summed E-state index contributed by atoms with van der Waals surface area (Å²) in [6.45, 7) is 1.36. The SMILES string of the molecule is CN1CC=C2C(C#N)=C(N)C(C#N)(C#N)[C@H](c3ccccc3Br)[C@@H]2C1. The third-order valence-corrected chi connectivity index (χ3v) is 5.81. The first kappa shape index (κ1) is 17.2. The summed E-state index contributed by atoms with van der Waals surface area (Å²) in [5.41, 5.74) is 6.73. The molecular weight excluding hydrogens is 378 g/mol. The zero-order valence-corrected chi connectivity index (χ0v) is 15.3. The smallest absolute Gasteiger partial charge is 0.191 e. The van der Waals surface area contributed by atoms with Crippen molar-refractivity contribution in [3.05, 3.63) is 57.2 Å². The van der Waals surface area contributed by atoms with Crippen LogP contribution in [0.15, 0.2) is 51.7 Å². The minimum atomic E-state index is -1.57. The first-order chi connectivity index (χ1) is 12.0. The Labute approximate surface area is 155 Å². The summed E-state index contributed by atoms with van der Waals surface area (Å²) in [5, 5.41) is 29.5. The van der Waals surface area contributed by atoms with Gasteiger partial charge in [-0.2, -0.15) is 15.8 Å². The van der Waals surface area contributed by atoms with Crippen LogP contribution in [0.5, 0.6) is 0 Å². The van der Waals surface area contributed by atoms with Crippen molar-refractivity contribution in [2.45, 2.75) is 5.92 Å². The Kier molecular flexibility index (Phi) is 4.39. The van der Waals surface area contributed by atoms with Crippen LogP contribution in [0.1, 0.15) is 11.5 Å². The Morgan fingerprint density at radius 2 is 1.92 bits per heavy atom. The van der Waals surface area contributed by atoms with Gasteiger partial charge in [0.15, 0.2) is 5.41 Å². The lowest BCUT2D eigenvalue weighted by Crippen LogP contribution is -2.47. The quantitative estimate of drug-likeness (QED) is 0.790. The summed E-state index contributed by atoms with van der Waals surface area (Å²) in [6.07, 6.45) is 1.99. The van der Waals surface area contributed by atoms with E-state index in [0.29, 0.717) is 13.1 Å². The van der Waals surface area contributed by atoms with E-state index in [1.807, 2.05) is 37.4 Å². The van der Waals surface area contributed by atoms with E-state index in [-0.39, 0.29) is 17.2 Å².